The largest absolute Gasteiger partial charge is 1.00 e. The summed E-state index contributed by atoms with van der Waals surface area (Å²) in [5.74, 6) is -0.265. The third-order valence-electron chi connectivity index (χ3n) is 4.14. The van der Waals surface area contributed by atoms with E-state index in [1.54, 1.807) is 6.20 Å². The van der Waals surface area contributed by atoms with Gasteiger partial charge in [0.25, 0.3) is 0 Å². The van der Waals surface area contributed by atoms with E-state index in [1.807, 2.05) is 83.4 Å². The van der Waals surface area contributed by atoms with Crippen molar-refractivity contribution in [3.63, 3.8) is 0 Å². The van der Waals surface area contributed by atoms with Crippen molar-refractivity contribution in [1.29, 1.82) is 0 Å². The van der Waals surface area contributed by atoms with Crippen LogP contribution in [0.15, 0.2) is 90.2 Å². The van der Waals surface area contributed by atoms with Gasteiger partial charge in [0.15, 0.2) is 5.16 Å². The van der Waals surface area contributed by atoms with E-state index in [-0.39, 0.29) is 35.3 Å². The maximum Gasteiger partial charge on any atom is 1.00 e. The van der Waals surface area contributed by atoms with Gasteiger partial charge in [-0.15, -0.1) is 0 Å². The first-order valence-corrected chi connectivity index (χ1v) is 9.72. The van der Waals surface area contributed by atoms with Gasteiger partial charge >= 0.3 is 35.5 Å². The van der Waals surface area contributed by atoms with Crippen LogP contribution in [0.4, 0.5) is 0 Å². The van der Waals surface area contributed by atoms with Crippen molar-refractivity contribution < 1.29 is 39.5 Å². The summed E-state index contributed by atoms with van der Waals surface area (Å²) < 4.78 is 1.94. The van der Waals surface area contributed by atoms with E-state index in [0.717, 1.165) is 22.5 Å². The molecule has 2 aromatic heterocycles. The van der Waals surface area contributed by atoms with Crippen molar-refractivity contribution in [3.8, 4) is 28.3 Å². The number of aliphatic carboxylic acids is 1. The Kier molecular flexibility index (Phi) is 7.28. The predicted octanol–water partition coefficient (Wildman–Crippen LogP) is 1.78. The molecule has 2 heterocycles. The molecule has 0 radical (unpaired) electrons. The van der Waals surface area contributed by atoms with Crippen LogP contribution in [0.25, 0.3) is 28.3 Å². The summed E-state index contributed by atoms with van der Waals surface area (Å²) in [4.78, 5) is 20.5. The molecule has 29 heavy (non-hydrogen) atoms. The Balaban J connectivity index is 0.00000240. The Hall–Kier alpha value is -2.38. The van der Waals surface area contributed by atoms with Gasteiger partial charge in [-0.3, -0.25) is 9.36 Å². The van der Waals surface area contributed by atoms with Crippen LogP contribution in [0.3, 0.4) is 0 Å². The molecule has 4 aromatic rings. The van der Waals surface area contributed by atoms with Gasteiger partial charge in [0.1, 0.15) is 5.82 Å². The van der Waals surface area contributed by atoms with E-state index in [4.69, 9.17) is 4.98 Å². The molecule has 0 aliphatic heterocycles. The van der Waals surface area contributed by atoms with Gasteiger partial charge in [-0.1, -0.05) is 78.5 Å². The number of carboxylic acid groups (broad SMARTS) is 1. The molecule has 0 saturated carbocycles. The summed E-state index contributed by atoms with van der Waals surface area (Å²) in [6.45, 7) is 0. The fourth-order valence-corrected chi connectivity index (χ4v) is 3.70. The molecule has 0 aliphatic rings. The van der Waals surface area contributed by atoms with Crippen LogP contribution in [-0.2, 0) is 4.79 Å². The number of hydrogen-bond donors (Lipinski definition) is 1. The molecule has 5 nitrogen and oxygen atoms in total. The average molecular weight is 410 g/mol. The number of aromatic nitrogens is 3. The molecule has 0 aliphatic carbocycles. The summed E-state index contributed by atoms with van der Waals surface area (Å²) in [6, 6.07) is 25.5. The number of nitrogens with zero attached hydrogens (tertiary/aromatic N) is 3. The van der Waals surface area contributed by atoms with Gasteiger partial charge in [-0.2, -0.15) is 0 Å². The summed E-state index contributed by atoms with van der Waals surface area (Å²) >= 11 is 1.19. The van der Waals surface area contributed by atoms with Crippen molar-refractivity contribution in [1.82, 2.24) is 14.5 Å². The zero-order chi connectivity index (χ0) is 19.3. The maximum atomic E-state index is 11.2. The fourth-order valence-electron chi connectivity index (χ4n) is 2.98. The van der Waals surface area contributed by atoms with E-state index >= 15 is 0 Å². The third-order valence-corrected chi connectivity index (χ3v) is 5.07. The van der Waals surface area contributed by atoms with Crippen molar-refractivity contribution in [2.24, 2.45) is 0 Å². The molecule has 1 N–H and O–H groups in total. The fraction of sp³-hybridized carbons (Fsp3) is 0.0455. The second-order valence-electron chi connectivity index (χ2n) is 6.03. The summed E-state index contributed by atoms with van der Waals surface area (Å²) in [6.07, 6.45) is 1.72. The van der Waals surface area contributed by atoms with Crippen molar-refractivity contribution in [2.75, 3.05) is 5.75 Å². The van der Waals surface area contributed by atoms with E-state index < -0.39 is 5.97 Å². The van der Waals surface area contributed by atoms with Crippen LogP contribution in [0, 0.1) is 0 Å². The number of hydrogen-bond acceptors (Lipinski definition) is 4. The molecule has 0 amide bonds. The molecule has 2 aromatic carbocycles. The smallest absolute Gasteiger partial charge is 0.481 e. The summed E-state index contributed by atoms with van der Waals surface area (Å²) in [7, 11) is 0. The number of carbonyl (C=O) groups is 1. The molecule has 138 valence electrons. The molecule has 0 saturated heterocycles. The molecule has 0 spiro atoms. The summed E-state index contributed by atoms with van der Waals surface area (Å²) in [5.41, 5.74) is 3.64. The van der Waals surface area contributed by atoms with Crippen LogP contribution in [0.5, 0.6) is 0 Å². The number of pyridine rings is 1. The first kappa shape index (κ1) is 21.3. The Labute approximate surface area is 195 Å². The van der Waals surface area contributed by atoms with E-state index in [2.05, 4.69) is 4.98 Å². The number of imidazole rings is 1. The van der Waals surface area contributed by atoms with E-state index in [1.165, 1.54) is 11.8 Å². The normalized spacial score (nSPS) is 10.3. The number of carboxylic acids is 1. The number of thioether (sulfide) groups is 1. The van der Waals surface area contributed by atoms with Crippen LogP contribution < -0.4 is 29.6 Å². The Morgan fingerprint density at radius 3 is 2.10 bits per heavy atom. The van der Waals surface area contributed by atoms with Gasteiger partial charge < -0.3 is 5.11 Å². The quantitative estimate of drug-likeness (QED) is 0.388. The van der Waals surface area contributed by atoms with Crippen LogP contribution >= 0.6 is 11.8 Å². The minimum atomic E-state index is -0.886. The monoisotopic (exact) mass is 410 g/mol. The zero-order valence-electron chi connectivity index (χ0n) is 15.9. The minimum Gasteiger partial charge on any atom is -0.481 e. The second-order valence-corrected chi connectivity index (χ2v) is 6.97. The minimum absolute atomic E-state index is 0. The van der Waals surface area contributed by atoms with E-state index in [0.29, 0.717) is 11.0 Å². The van der Waals surface area contributed by atoms with Crippen molar-refractivity contribution >= 4 is 17.7 Å². The molecule has 0 atom stereocenters. The Morgan fingerprint density at radius 1 is 0.897 bits per heavy atom. The maximum absolute atomic E-state index is 11.2. The molecule has 0 bridgehead atoms. The van der Waals surface area contributed by atoms with Gasteiger partial charge in [0.2, 0.25) is 0 Å². The number of benzene rings is 2. The van der Waals surface area contributed by atoms with Gasteiger partial charge in [-0.05, 0) is 12.1 Å². The molecule has 0 unspecified atom stereocenters. The first-order valence-electron chi connectivity index (χ1n) is 8.73. The third kappa shape index (κ3) is 4.79. The molecule has 0 fully saturated rings. The first-order chi connectivity index (χ1) is 13.7. The van der Waals surface area contributed by atoms with Crippen LogP contribution in [-0.4, -0.2) is 31.4 Å². The van der Waals surface area contributed by atoms with Gasteiger partial charge in [0.05, 0.1) is 17.1 Å². The van der Waals surface area contributed by atoms with Crippen molar-refractivity contribution in [3.05, 3.63) is 85.1 Å². The SMILES string of the molecule is O=C(O)CSc1nc(-c2ccccc2)c(-c2ccccc2)n1-c1ccccn1.[Na+]. The Morgan fingerprint density at radius 2 is 1.52 bits per heavy atom. The molecule has 4 rings (SSSR count). The van der Waals surface area contributed by atoms with E-state index in [9.17, 15) is 9.90 Å². The Bertz CT molecular complexity index is 1090. The predicted molar refractivity (Wildman–Crippen MR) is 111 cm³/mol. The zero-order valence-corrected chi connectivity index (χ0v) is 18.7. The molecular formula is C22H17N3NaO2S+. The van der Waals surface area contributed by atoms with Crippen molar-refractivity contribution in [2.45, 2.75) is 5.16 Å². The van der Waals surface area contributed by atoms with Crippen LogP contribution in [0.1, 0.15) is 0 Å². The molecular weight excluding hydrogens is 393 g/mol. The molecule has 7 heteroatoms. The average Bonchev–Trinajstić information content (AvgIpc) is 3.14. The second kappa shape index (κ2) is 9.89. The van der Waals surface area contributed by atoms with Gasteiger partial charge in [-0.25, -0.2) is 9.97 Å². The summed E-state index contributed by atoms with van der Waals surface area (Å²) in [5, 5.41) is 9.77. The van der Waals surface area contributed by atoms with Crippen LogP contribution in [0.2, 0.25) is 0 Å². The topological polar surface area (TPSA) is 68.0 Å². The standard InChI is InChI=1S/C22H17N3O2S.Na/c26-19(27)15-28-22-24-20(16-9-3-1-4-10-16)21(17-11-5-2-6-12-17)25(22)18-13-7-8-14-23-18;/h1-14H,15H2,(H,26,27);/q;+1. The van der Waals surface area contributed by atoms with Gasteiger partial charge in [0, 0.05) is 17.3 Å². The number of rotatable bonds is 6.